The number of nitrogens with zero attached hydrogens (tertiary/aromatic N) is 2. The number of primary sulfonamides is 1. The fourth-order valence-corrected chi connectivity index (χ4v) is 3.50. The smallest absolute Gasteiger partial charge is 0.238 e. The van der Waals surface area contributed by atoms with Gasteiger partial charge >= 0.3 is 0 Å². The molecule has 3 aromatic rings. The lowest BCUT2D eigenvalue weighted by Crippen LogP contribution is -2.31. The van der Waals surface area contributed by atoms with E-state index < -0.39 is 10.0 Å². The van der Waals surface area contributed by atoms with Gasteiger partial charge in [-0.05, 0) is 56.3 Å². The number of rotatable bonds is 6. The van der Waals surface area contributed by atoms with Crippen molar-refractivity contribution in [1.82, 2.24) is 15.1 Å². The van der Waals surface area contributed by atoms with Gasteiger partial charge in [0, 0.05) is 16.6 Å². The van der Waals surface area contributed by atoms with E-state index in [4.69, 9.17) is 16.7 Å². The van der Waals surface area contributed by atoms with Crippen LogP contribution in [-0.4, -0.2) is 30.1 Å². The van der Waals surface area contributed by atoms with Crippen LogP contribution in [0, 0.1) is 0 Å². The van der Waals surface area contributed by atoms with Crippen molar-refractivity contribution < 1.29 is 13.2 Å². The van der Waals surface area contributed by atoms with Crippen molar-refractivity contribution in [3.8, 4) is 16.9 Å². The third-order valence-electron chi connectivity index (χ3n) is 4.10. The molecule has 0 aliphatic rings. The number of nitrogens with one attached hydrogen (secondary N) is 1. The van der Waals surface area contributed by atoms with E-state index in [-0.39, 0.29) is 23.3 Å². The Balaban J connectivity index is 2.03. The van der Waals surface area contributed by atoms with Crippen molar-refractivity contribution in [3.05, 3.63) is 65.3 Å². The molecule has 1 amide bonds. The molecule has 0 saturated carbocycles. The van der Waals surface area contributed by atoms with Crippen LogP contribution >= 0.6 is 11.6 Å². The van der Waals surface area contributed by atoms with Crippen LogP contribution in [0.4, 0.5) is 0 Å². The molecule has 29 heavy (non-hydrogen) atoms. The molecule has 3 N–H and O–H groups in total. The maximum atomic E-state index is 12.2. The van der Waals surface area contributed by atoms with E-state index in [9.17, 15) is 13.2 Å². The lowest BCUT2D eigenvalue weighted by molar-refractivity contribution is -0.120. The van der Waals surface area contributed by atoms with E-state index in [0.717, 1.165) is 11.3 Å². The van der Waals surface area contributed by atoms with Gasteiger partial charge in [0.15, 0.2) is 0 Å². The van der Waals surface area contributed by atoms with Crippen LogP contribution in [0.1, 0.15) is 19.5 Å². The molecular formula is C20H21ClN4O3S. The molecule has 3 rings (SSSR count). The van der Waals surface area contributed by atoms with E-state index in [0.29, 0.717) is 16.4 Å². The number of halogens is 1. The second-order valence-corrected chi connectivity index (χ2v) is 8.88. The zero-order chi connectivity index (χ0) is 21.2. The molecule has 9 heteroatoms. The van der Waals surface area contributed by atoms with Crippen LogP contribution in [0.5, 0.6) is 0 Å². The van der Waals surface area contributed by atoms with Gasteiger partial charge < -0.3 is 5.32 Å². The zero-order valence-corrected chi connectivity index (χ0v) is 17.5. The van der Waals surface area contributed by atoms with Crippen molar-refractivity contribution in [2.45, 2.75) is 31.2 Å². The molecular weight excluding hydrogens is 412 g/mol. The third kappa shape index (κ3) is 5.23. The van der Waals surface area contributed by atoms with Gasteiger partial charge in [0.05, 0.1) is 28.4 Å². The van der Waals surface area contributed by atoms with E-state index in [2.05, 4.69) is 10.4 Å². The zero-order valence-electron chi connectivity index (χ0n) is 16.0. The normalized spacial score (nSPS) is 11.6. The minimum absolute atomic E-state index is 0.0120. The standard InChI is InChI=1S/C20H21ClN4O3S/c1-13(2)23-20(26)12-16-11-19(14-3-5-15(21)6-4-14)25(24-16)17-7-9-18(10-8-17)29(22,27)28/h3-11,13H,12H2,1-2H3,(H,23,26)(H2,22,27,28). The molecule has 0 aliphatic heterocycles. The summed E-state index contributed by atoms with van der Waals surface area (Å²) in [5.74, 6) is -0.128. The number of carbonyl (C=O) groups is 1. The van der Waals surface area contributed by atoms with Gasteiger partial charge in [0.1, 0.15) is 0 Å². The highest BCUT2D eigenvalue weighted by molar-refractivity contribution is 7.89. The van der Waals surface area contributed by atoms with E-state index in [1.165, 1.54) is 12.1 Å². The van der Waals surface area contributed by atoms with Crippen LogP contribution < -0.4 is 10.5 Å². The molecule has 0 fully saturated rings. The molecule has 0 bridgehead atoms. The second kappa shape index (κ2) is 8.36. The summed E-state index contributed by atoms with van der Waals surface area (Å²) in [7, 11) is -3.79. The van der Waals surface area contributed by atoms with Crippen molar-refractivity contribution >= 4 is 27.5 Å². The number of amides is 1. The predicted octanol–water partition coefficient (Wildman–Crippen LogP) is 2.91. The summed E-state index contributed by atoms with van der Waals surface area (Å²) in [5.41, 5.74) is 2.83. The van der Waals surface area contributed by atoms with Crippen LogP contribution in [0.15, 0.2) is 59.5 Å². The first-order chi connectivity index (χ1) is 13.6. The molecule has 0 radical (unpaired) electrons. The lowest BCUT2D eigenvalue weighted by atomic mass is 10.1. The van der Waals surface area contributed by atoms with Gasteiger partial charge in [-0.3, -0.25) is 4.79 Å². The highest BCUT2D eigenvalue weighted by Gasteiger charge is 2.16. The summed E-state index contributed by atoms with van der Waals surface area (Å²) in [5, 5.41) is 13.2. The van der Waals surface area contributed by atoms with Gasteiger partial charge in [-0.1, -0.05) is 23.7 Å². The number of aromatic nitrogens is 2. The van der Waals surface area contributed by atoms with Gasteiger partial charge in [-0.2, -0.15) is 5.10 Å². The Morgan fingerprint density at radius 1 is 1.14 bits per heavy atom. The minimum atomic E-state index is -3.79. The highest BCUT2D eigenvalue weighted by atomic mass is 35.5. The fourth-order valence-electron chi connectivity index (χ4n) is 2.85. The van der Waals surface area contributed by atoms with Crippen molar-refractivity contribution in [3.63, 3.8) is 0 Å². The predicted molar refractivity (Wildman–Crippen MR) is 112 cm³/mol. The number of carbonyl (C=O) groups excluding carboxylic acids is 1. The SMILES string of the molecule is CC(C)NC(=O)Cc1cc(-c2ccc(Cl)cc2)n(-c2ccc(S(N)(=O)=O)cc2)n1. The number of benzene rings is 2. The first kappa shape index (κ1) is 21.0. The van der Waals surface area contributed by atoms with Crippen molar-refractivity contribution in [1.29, 1.82) is 0 Å². The lowest BCUT2D eigenvalue weighted by Gasteiger charge is -2.09. The summed E-state index contributed by atoms with van der Waals surface area (Å²) in [6, 6.07) is 15.2. The van der Waals surface area contributed by atoms with Crippen molar-refractivity contribution in [2.24, 2.45) is 5.14 Å². The summed E-state index contributed by atoms with van der Waals surface area (Å²) in [6.07, 6.45) is 0.126. The number of hydrogen-bond donors (Lipinski definition) is 2. The molecule has 2 aromatic carbocycles. The van der Waals surface area contributed by atoms with Gasteiger partial charge in [-0.15, -0.1) is 0 Å². The van der Waals surface area contributed by atoms with Crippen LogP contribution in [0.2, 0.25) is 5.02 Å². The van der Waals surface area contributed by atoms with Crippen LogP contribution in [0.25, 0.3) is 16.9 Å². The fraction of sp³-hybridized carbons (Fsp3) is 0.200. The largest absolute Gasteiger partial charge is 0.354 e. The maximum Gasteiger partial charge on any atom is 0.238 e. The summed E-state index contributed by atoms with van der Waals surface area (Å²) < 4.78 is 24.7. The van der Waals surface area contributed by atoms with E-state index in [1.54, 1.807) is 28.9 Å². The van der Waals surface area contributed by atoms with Crippen LogP contribution in [0.3, 0.4) is 0 Å². The Hall–Kier alpha value is -2.68. The average Bonchev–Trinajstić information content (AvgIpc) is 3.04. The number of hydrogen-bond acceptors (Lipinski definition) is 4. The van der Waals surface area contributed by atoms with Gasteiger partial charge in [-0.25, -0.2) is 18.2 Å². The highest BCUT2D eigenvalue weighted by Crippen LogP contribution is 2.26. The average molecular weight is 433 g/mol. The Labute approximate surface area is 174 Å². The quantitative estimate of drug-likeness (QED) is 0.624. The minimum Gasteiger partial charge on any atom is -0.354 e. The van der Waals surface area contributed by atoms with Crippen molar-refractivity contribution in [2.75, 3.05) is 0 Å². The third-order valence-corrected chi connectivity index (χ3v) is 5.28. The summed E-state index contributed by atoms with van der Waals surface area (Å²) in [4.78, 5) is 12.2. The topological polar surface area (TPSA) is 107 Å². The summed E-state index contributed by atoms with van der Waals surface area (Å²) in [6.45, 7) is 3.78. The van der Waals surface area contributed by atoms with Crippen LogP contribution in [-0.2, 0) is 21.2 Å². The summed E-state index contributed by atoms with van der Waals surface area (Å²) >= 11 is 5.99. The Bertz CT molecular complexity index is 1120. The Kier molecular flexibility index (Phi) is 6.07. The van der Waals surface area contributed by atoms with Gasteiger partial charge in [0.25, 0.3) is 0 Å². The number of nitrogens with two attached hydrogens (primary N) is 1. The molecule has 0 saturated heterocycles. The number of sulfonamides is 1. The Morgan fingerprint density at radius 2 is 1.76 bits per heavy atom. The monoisotopic (exact) mass is 432 g/mol. The second-order valence-electron chi connectivity index (χ2n) is 6.88. The molecule has 1 aromatic heterocycles. The molecule has 152 valence electrons. The Morgan fingerprint density at radius 3 is 2.31 bits per heavy atom. The first-order valence-electron chi connectivity index (χ1n) is 8.91. The molecule has 0 aliphatic carbocycles. The van der Waals surface area contributed by atoms with E-state index >= 15 is 0 Å². The van der Waals surface area contributed by atoms with Gasteiger partial charge in [0.2, 0.25) is 15.9 Å². The molecule has 7 nitrogen and oxygen atoms in total. The first-order valence-corrected chi connectivity index (χ1v) is 10.8. The maximum absolute atomic E-state index is 12.2. The molecule has 1 heterocycles. The molecule has 0 atom stereocenters. The molecule has 0 unspecified atom stereocenters. The van der Waals surface area contributed by atoms with E-state index in [1.807, 2.05) is 32.0 Å². The molecule has 0 spiro atoms.